The fourth-order valence-corrected chi connectivity index (χ4v) is 2.81. The zero-order valence-electron chi connectivity index (χ0n) is 9.07. The summed E-state index contributed by atoms with van der Waals surface area (Å²) in [6.45, 7) is 1.88. The molecule has 15 heavy (non-hydrogen) atoms. The van der Waals surface area contributed by atoms with Crippen molar-refractivity contribution in [1.82, 2.24) is 10.2 Å². The molecule has 0 saturated carbocycles. The Bertz CT molecular complexity index is 227. The van der Waals surface area contributed by atoms with E-state index in [1.54, 1.807) is 11.8 Å². The summed E-state index contributed by atoms with van der Waals surface area (Å²) >= 11 is 1.62. The molecule has 0 aromatic rings. The molecule has 2 atom stereocenters. The number of hydrogen-bond acceptors (Lipinski definition) is 3. The first-order chi connectivity index (χ1) is 6.79. The van der Waals surface area contributed by atoms with Crippen molar-refractivity contribution in [3.63, 3.8) is 0 Å². The van der Waals surface area contributed by atoms with Gasteiger partial charge in [0.05, 0.1) is 5.75 Å². The number of likely N-dealkylation sites (tertiary alicyclic amines) is 1. The third-order valence-electron chi connectivity index (χ3n) is 3.14. The van der Waals surface area contributed by atoms with Crippen LogP contribution in [0.25, 0.3) is 0 Å². The molecule has 2 fully saturated rings. The molecule has 2 unspecified atom stereocenters. The highest BCUT2D eigenvalue weighted by Gasteiger charge is 2.30. The summed E-state index contributed by atoms with van der Waals surface area (Å²) in [5.41, 5.74) is 0. The normalized spacial score (nSPS) is 29.5. The van der Waals surface area contributed by atoms with Crippen molar-refractivity contribution in [2.24, 2.45) is 0 Å². The average molecular weight is 251 g/mol. The van der Waals surface area contributed by atoms with Crippen LogP contribution in [0, 0.1) is 0 Å². The summed E-state index contributed by atoms with van der Waals surface area (Å²) in [4.78, 5) is 13.7. The largest absolute Gasteiger partial charge is 0.340 e. The number of rotatable bonds is 2. The number of carbonyl (C=O) groups is 1. The van der Waals surface area contributed by atoms with Crippen LogP contribution in [0.15, 0.2) is 0 Å². The van der Waals surface area contributed by atoms with E-state index in [-0.39, 0.29) is 12.4 Å². The van der Waals surface area contributed by atoms with E-state index in [9.17, 15) is 4.79 Å². The molecule has 5 heteroatoms. The monoisotopic (exact) mass is 250 g/mol. The third-order valence-corrected chi connectivity index (χ3v) is 3.68. The first kappa shape index (κ1) is 13.1. The highest BCUT2D eigenvalue weighted by Crippen LogP contribution is 2.20. The maximum Gasteiger partial charge on any atom is 0.232 e. The Morgan fingerprint density at radius 3 is 2.87 bits per heavy atom. The van der Waals surface area contributed by atoms with E-state index in [1.165, 1.54) is 12.8 Å². The lowest BCUT2D eigenvalue weighted by Gasteiger charge is -2.23. The van der Waals surface area contributed by atoms with Gasteiger partial charge in [-0.15, -0.1) is 12.4 Å². The van der Waals surface area contributed by atoms with E-state index < -0.39 is 0 Å². The van der Waals surface area contributed by atoms with Crippen LogP contribution in [0.2, 0.25) is 0 Å². The summed E-state index contributed by atoms with van der Waals surface area (Å²) in [5, 5.41) is 3.58. The second-order valence-electron chi connectivity index (χ2n) is 4.20. The molecule has 2 saturated heterocycles. The van der Waals surface area contributed by atoms with Crippen LogP contribution in [0.4, 0.5) is 0 Å². The summed E-state index contributed by atoms with van der Waals surface area (Å²) < 4.78 is 0. The number of fused-ring (bicyclic) bond motifs is 2. The van der Waals surface area contributed by atoms with Gasteiger partial charge in [0.15, 0.2) is 0 Å². The zero-order valence-corrected chi connectivity index (χ0v) is 10.7. The van der Waals surface area contributed by atoms with Crippen LogP contribution in [-0.4, -0.2) is 48.0 Å². The van der Waals surface area contributed by atoms with E-state index in [4.69, 9.17) is 0 Å². The number of nitrogens with one attached hydrogen (secondary N) is 1. The van der Waals surface area contributed by atoms with Crippen molar-refractivity contribution >= 4 is 30.1 Å². The molecule has 0 aliphatic carbocycles. The fourth-order valence-electron chi connectivity index (χ4n) is 2.38. The van der Waals surface area contributed by atoms with Gasteiger partial charge in [0, 0.05) is 25.2 Å². The van der Waals surface area contributed by atoms with Crippen molar-refractivity contribution < 1.29 is 4.79 Å². The first-order valence-electron chi connectivity index (χ1n) is 5.32. The minimum absolute atomic E-state index is 0. The average Bonchev–Trinajstić information content (AvgIpc) is 2.46. The molecule has 1 amide bonds. The predicted molar refractivity (Wildman–Crippen MR) is 66.8 cm³/mol. The van der Waals surface area contributed by atoms with Gasteiger partial charge in [-0.3, -0.25) is 4.79 Å². The summed E-state index contributed by atoms with van der Waals surface area (Å²) in [6.07, 6.45) is 5.67. The van der Waals surface area contributed by atoms with Crippen LogP contribution in [-0.2, 0) is 4.79 Å². The van der Waals surface area contributed by atoms with Gasteiger partial charge in [-0.25, -0.2) is 0 Å². The van der Waals surface area contributed by atoms with Crippen molar-refractivity contribution in [2.75, 3.05) is 25.1 Å². The van der Waals surface area contributed by atoms with Gasteiger partial charge in [-0.05, 0) is 25.5 Å². The van der Waals surface area contributed by atoms with Crippen LogP contribution in [0.1, 0.15) is 19.3 Å². The number of thioether (sulfide) groups is 1. The van der Waals surface area contributed by atoms with E-state index in [0.717, 1.165) is 19.5 Å². The second kappa shape index (κ2) is 5.97. The molecule has 2 aliphatic rings. The molecule has 1 N–H and O–H groups in total. The second-order valence-corrected chi connectivity index (χ2v) is 5.07. The molecular weight excluding hydrogens is 232 g/mol. The van der Waals surface area contributed by atoms with Crippen LogP contribution in [0.3, 0.4) is 0 Å². The standard InChI is InChI=1S/C10H18N2OS.ClH/c1-14-7-10(13)12-5-4-8-2-3-9(6-12)11-8;/h8-9,11H,2-7H2,1H3;1H. The van der Waals surface area contributed by atoms with Gasteiger partial charge in [0.2, 0.25) is 5.91 Å². The molecule has 88 valence electrons. The molecule has 2 bridgehead atoms. The predicted octanol–water partition coefficient (Wildman–Crippen LogP) is 1.12. The summed E-state index contributed by atoms with van der Waals surface area (Å²) in [7, 11) is 0. The van der Waals surface area contributed by atoms with Gasteiger partial charge in [0.1, 0.15) is 0 Å². The van der Waals surface area contributed by atoms with E-state index in [0.29, 0.717) is 23.7 Å². The summed E-state index contributed by atoms with van der Waals surface area (Å²) in [6, 6.07) is 1.24. The first-order valence-corrected chi connectivity index (χ1v) is 6.71. The molecule has 0 radical (unpaired) electrons. The highest BCUT2D eigenvalue weighted by molar-refractivity contribution is 7.99. The third kappa shape index (κ3) is 3.26. The lowest BCUT2D eigenvalue weighted by molar-refractivity contribution is -0.128. The number of carbonyl (C=O) groups excluding carboxylic acids is 1. The van der Waals surface area contributed by atoms with Gasteiger partial charge in [-0.2, -0.15) is 11.8 Å². The van der Waals surface area contributed by atoms with Crippen LogP contribution in [0.5, 0.6) is 0 Å². The highest BCUT2D eigenvalue weighted by atomic mass is 35.5. The van der Waals surface area contributed by atoms with Gasteiger partial charge >= 0.3 is 0 Å². The topological polar surface area (TPSA) is 32.3 Å². The molecular formula is C10H19ClN2OS. The Kier molecular flexibility index (Phi) is 5.23. The van der Waals surface area contributed by atoms with Crippen molar-refractivity contribution in [1.29, 1.82) is 0 Å². The minimum atomic E-state index is 0. The number of halogens is 1. The van der Waals surface area contributed by atoms with Crippen molar-refractivity contribution in [3.8, 4) is 0 Å². The quantitative estimate of drug-likeness (QED) is 0.798. The smallest absolute Gasteiger partial charge is 0.232 e. The van der Waals surface area contributed by atoms with Crippen molar-refractivity contribution in [3.05, 3.63) is 0 Å². The molecule has 2 aliphatic heterocycles. The Balaban J connectivity index is 0.00000112. The Morgan fingerprint density at radius 1 is 1.40 bits per heavy atom. The van der Waals surface area contributed by atoms with Crippen LogP contribution >= 0.6 is 24.2 Å². The molecule has 0 aromatic carbocycles. The van der Waals surface area contributed by atoms with Gasteiger partial charge < -0.3 is 10.2 Å². The van der Waals surface area contributed by atoms with E-state index in [2.05, 4.69) is 5.32 Å². The number of hydrogen-bond donors (Lipinski definition) is 1. The van der Waals surface area contributed by atoms with E-state index in [1.807, 2.05) is 11.2 Å². The molecule has 2 rings (SSSR count). The van der Waals surface area contributed by atoms with Crippen molar-refractivity contribution in [2.45, 2.75) is 31.3 Å². The Hall–Kier alpha value is 0.0700. The van der Waals surface area contributed by atoms with Crippen LogP contribution < -0.4 is 5.32 Å². The van der Waals surface area contributed by atoms with Gasteiger partial charge in [0.25, 0.3) is 0 Å². The lowest BCUT2D eigenvalue weighted by atomic mass is 10.1. The maximum atomic E-state index is 11.7. The Labute approximate surface area is 102 Å². The lowest BCUT2D eigenvalue weighted by Crippen LogP contribution is -2.39. The fraction of sp³-hybridized carbons (Fsp3) is 0.900. The minimum Gasteiger partial charge on any atom is -0.340 e. The summed E-state index contributed by atoms with van der Waals surface area (Å²) in [5.74, 6) is 0.948. The number of nitrogens with zero attached hydrogens (tertiary/aromatic N) is 1. The molecule has 2 heterocycles. The molecule has 0 spiro atoms. The SMILES string of the molecule is CSCC(=O)N1CCC2CCC(C1)N2.Cl. The maximum absolute atomic E-state index is 11.7. The van der Waals surface area contributed by atoms with E-state index >= 15 is 0 Å². The molecule has 3 nitrogen and oxygen atoms in total. The molecule has 0 aromatic heterocycles. The number of amides is 1. The Morgan fingerprint density at radius 2 is 2.13 bits per heavy atom. The zero-order chi connectivity index (χ0) is 9.97. The van der Waals surface area contributed by atoms with Gasteiger partial charge in [-0.1, -0.05) is 0 Å².